The first-order valence-electron chi connectivity index (χ1n) is 17.4. The van der Waals surface area contributed by atoms with E-state index in [1.54, 1.807) is 6.08 Å². The highest BCUT2D eigenvalue weighted by atomic mass is 31.2. The molecule has 0 bridgehead atoms. The van der Waals surface area contributed by atoms with Gasteiger partial charge in [-0.15, -0.1) is 0 Å². The van der Waals surface area contributed by atoms with Crippen molar-refractivity contribution in [1.82, 2.24) is 0 Å². The Kier molecular flexibility index (Phi) is 29.0. The third-order valence-electron chi connectivity index (χ3n) is 7.47. The molecule has 0 spiro atoms. The fraction of sp³-hybridized carbons (Fsp3) is 0.722. The van der Waals surface area contributed by atoms with Crippen LogP contribution in [0, 0.1) is 5.92 Å². The predicted octanol–water partition coefficient (Wildman–Crippen LogP) is 8.83. The Morgan fingerprint density at radius 3 is 2.15 bits per heavy atom. The maximum absolute atomic E-state index is 12.3. The standard InChI is InChI=1S/C36H63O9P/c1-4-6-7-8-10-16-21-26-33(37)27-22-17-11-9-12-18-23-28-35(38)43-30-34(31-44-46(40,41)42)45-36(39)29-24-19-14-13-15-20-25-32(3)5-2/h9-10,12,16-17,21-22,26,32-34,37H,4-8,11,13-15,18-20,23-25,27-31H2,1-3H3,(H2,40,41,42)/b12-9+,16-10-,22-17-,26-21-/t32?,33-,34-/m1/s1. The lowest BCUT2D eigenvalue weighted by Crippen LogP contribution is -2.29. The molecule has 0 amide bonds. The van der Waals surface area contributed by atoms with E-state index in [-0.39, 0.29) is 19.4 Å². The molecule has 3 atom stereocenters. The zero-order valence-corrected chi connectivity index (χ0v) is 29.6. The van der Waals surface area contributed by atoms with Crippen LogP contribution < -0.4 is 0 Å². The minimum Gasteiger partial charge on any atom is -0.462 e. The second-order valence-electron chi connectivity index (χ2n) is 11.9. The zero-order valence-electron chi connectivity index (χ0n) is 28.7. The van der Waals surface area contributed by atoms with Gasteiger partial charge in [-0.2, -0.15) is 0 Å². The molecular formula is C36H63O9P. The second-order valence-corrected chi connectivity index (χ2v) is 13.2. The summed E-state index contributed by atoms with van der Waals surface area (Å²) in [6, 6.07) is 0. The number of allylic oxidation sites excluding steroid dienone is 6. The van der Waals surface area contributed by atoms with Crippen LogP contribution in [0.1, 0.15) is 136 Å². The summed E-state index contributed by atoms with van der Waals surface area (Å²) in [6.07, 6.45) is 30.3. The second kappa shape index (κ2) is 30.3. The largest absolute Gasteiger partial charge is 0.469 e. The molecule has 1 unspecified atom stereocenters. The molecule has 0 aromatic heterocycles. The first-order valence-corrected chi connectivity index (χ1v) is 19.0. The van der Waals surface area contributed by atoms with Crippen LogP contribution >= 0.6 is 7.82 Å². The summed E-state index contributed by atoms with van der Waals surface area (Å²) in [6.45, 7) is 5.76. The Hall–Kier alpha value is -2.03. The zero-order chi connectivity index (χ0) is 34.3. The number of unbranched alkanes of at least 4 members (excludes halogenated alkanes) is 9. The molecule has 0 aromatic rings. The number of rotatable bonds is 30. The molecular weight excluding hydrogens is 607 g/mol. The van der Waals surface area contributed by atoms with E-state index in [9.17, 15) is 19.3 Å². The molecule has 0 heterocycles. The first kappa shape index (κ1) is 44.0. The quantitative estimate of drug-likeness (QED) is 0.0225. The summed E-state index contributed by atoms with van der Waals surface area (Å²) >= 11 is 0. The highest BCUT2D eigenvalue weighted by Crippen LogP contribution is 2.36. The fourth-order valence-corrected chi connectivity index (χ4v) is 4.78. The maximum Gasteiger partial charge on any atom is 0.469 e. The molecule has 10 heteroatoms. The molecule has 0 saturated carbocycles. The van der Waals surface area contributed by atoms with Crippen LogP contribution in [-0.4, -0.2) is 52.3 Å². The van der Waals surface area contributed by atoms with Crippen molar-refractivity contribution in [2.75, 3.05) is 13.2 Å². The van der Waals surface area contributed by atoms with Crippen LogP contribution in [0.3, 0.4) is 0 Å². The molecule has 46 heavy (non-hydrogen) atoms. The number of aliphatic hydroxyl groups is 1. The Balaban J connectivity index is 4.19. The van der Waals surface area contributed by atoms with Crippen molar-refractivity contribution in [2.45, 2.75) is 149 Å². The topological polar surface area (TPSA) is 140 Å². The van der Waals surface area contributed by atoms with Gasteiger partial charge in [-0.3, -0.25) is 14.1 Å². The number of hydrogen-bond donors (Lipinski definition) is 3. The van der Waals surface area contributed by atoms with Crippen LogP contribution in [0.2, 0.25) is 0 Å². The summed E-state index contributed by atoms with van der Waals surface area (Å²) in [5.41, 5.74) is 0. The van der Waals surface area contributed by atoms with Crippen molar-refractivity contribution >= 4 is 19.8 Å². The number of carbonyl (C=O) groups excluding carboxylic acids is 2. The van der Waals surface area contributed by atoms with Crippen molar-refractivity contribution in [1.29, 1.82) is 0 Å². The normalized spacial score (nSPS) is 14.5. The Bertz CT molecular complexity index is 922. The molecule has 0 rings (SSSR count). The number of phosphoric acid groups is 1. The van der Waals surface area contributed by atoms with E-state index in [0.717, 1.165) is 38.0 Å². The average molecular weight is 671 g/mol. The van der Waals surface area contributed by atoms with Gasteiger partial charge in [0, 0.05) is 12.8 Å². The van der Waals surface area contributed by atoms with E-state index >= 15 is 0 Å². The van der Waals surface area contributed by atoms with Crippen molar-refractivity contribution in [2.24, 2.45) is 5.92 Å². The van der Waals surface area contributed by atoms with Gasteiger partial charge in [0.1, 0.15) is 6.61 Å². The van der Waals surface area contributed by atoms with Gasteiger partial charge < -0.3 is 24.4 Å². The summed E-state index contributed by atoms with van der Waals surface area (Å²) < 4.78 is 26.1. The molecule has 0 aliphatic heterocycles. The van der Waals surface area contributed by atoms with Crippen molar-refractivity contribution in [3.63, 3.8) is 0 Å². The van der Waals surface area contributed by atoms with Crippen LogP contribution in [0.5, 0.6) is 0 Å². The number of carbonyl (C=O) groups is 2. The van der Waals surface area contributed by atoms with Gasteiger partial charge in [0.15, 0.2) is 6.10 Å². The third kappa shape index (κ3) is 31.9. The molecule has 0 aromatic carbocycles. The van der Waals surface area contributed by atoms with Gasteiger partial charge in [0.05, 0.1) is 12.7 Å². The lowest BCUT2D eigenvalue weighted by Gasteiger charge is -2.18. The first-order chi connectivity index (χ1) is 22.1. The molecule has 0 aliphatic rings. The summed E-state index contributed by atoms with van der Waals surface area (Å²) in [4.78, 5) is 42.5. The molecule has 0 aliphatic carbocycles. The van der Waals surface area contributed by atoms with Gasteiger partial charge in [0.2, 0.25) is 0 Å². The van der Waals surface area contributed by atoms with Gasteiger partial charge >= 0.3 is 19.8 Å². The van der Waals surface area contributed by atoms with Crippen LogP contribution in [0.15, 0.2) is 48.6 Å². The monoisotopic (exact) mass is 670 g/mol. The van der Waals surface area contributed by atoms with Crippen molar-refractivity contribution < 1.29 is 43.0 Å². The molecule has 3 N–H and O–H groups in total. The van der Waals surface area contributed by atoms with Crippen LogP contribution in [0.25, 0.3) is 0 Å². The number of phosphoric ester groups is 1. The van der Waals surface area contributed by atoms with Gasteiger partial charge in [-0.1, -0.05) is 127 Å². The molecule has 9 nitrogen and oxygen atoms in total. The van der Waals surface area contributed by atoms with Crippen molar-refractivity contribution in [3.8, 4) is 0 Å². The summed E-state index contributed by atoms with van der Waals surface area (Å²) in [7, 11) is -4.77. The summed E-state index contributed by atoms with van der Waals surface area (Å²) in [5.74, 6) is -0.232. The Morgan fingerprint density at radius 2 is 1.43 bits per heavy atom. The van der Waals surface area contributed by atoms with E-state index in [1.165, 1.54) is 44.9 Å². The van der Waals surface area contributed by atoms with E-state index in [2.05, 4.69) is 31.4 Å². The minimum absolute atomic E-state index is 0.156. The molecule has 0 saturated heterocycles. The Morgan fingerprint density at radius 1 is 0.761 bits per heavy atom. The van der Waals surface area contributed by atoms with Gasteiger partial charge in [0.25, 0.3) is 0 Å². The van der Waals surface area contributed by atoms with Crippen LogP contribution in [0.4, 0.5) is 0 Å². The lowest BCUT2D eigenvalue weighted by atomic mass is 10.00. The van der Waals surface area contributed by atoms with E-state index in [1.807, 2.05) is 36.5 Å². The number of aliphatic hydroxyl groups excluding tert-OH is 1. The highest BCUT2D eigenvalue weighted by molar-refractivity contribution is 7.46. The minimum atomic E-state index is -4.77. The van der Waals surface area contributed by atoms with E-state index in [0.29, 0.717) is 25.7 Å². The molecule has 0 radical (unpaired) electrons. The number of esters is 2. The van der Waals surface area contributed by atoms with Crippen LogP contribution in [-0.2, 0) is 28.2 Å². The average Bonchev–Trinajstić information content (AvgIpc) is 3.01. The highest BCUT2D eigenvalue weighted by Gasteiger charge is 2.22. The lowest BCUT2D eigenvalue weighted by molar-refractivity contribution is -0.161. The predicted molar refractivity (Wildman–Crippen MR) is 185 cm³/mol. The molecule has 0 fully saturated rings. The van der Waals surface area contributed by atoms with Gasteiger partial charge in [-0.25, -0.2) is 4.57 Å². The Labute approximate surface area is 278 Å². The maximum atomic E-state index is 12.3. The van der Waals surface area contributed by atoms with E-state index in [4.69, 9.17) is 19.3 Å². The number of hydrogen-bond acceptors (Lipinski definition) is 7. The van der Waals surface area contributed by atoms with Gasteiger partial charge in [-0.05, 0) is 50.9 Å². The van der Waals surface area contributed by atoms with Crippen molar-refractivity contribution in [3.05, 3.63) is 48.6 Å². The summed E-state index contributed by atoms with van der Waals surface area (Å²) in [5, 5.41) is 9.99. The fourth-order valence-electron chi connectivity index (χ4n) is 4.42. The molecule has 266 valence electrons. The van der Waals surface area contributed by atoms with E-state index < -0.39 is 38.6 Å². The third-order valence-corrected chi connectivity index (χ3v) is 7.96. The number of ether oxygens (including phenoxy) is 2. The smallest absolute Gasteiger partial charge is 0.462 e. The SMILES string of the molecule is CCCCC/C=C\C=C/[C@@H](O)C/C=C\C/C=C/CCCC(=O)OC[C@H](COP(=O)(O)O)OC(=O)CCCCCCCCC(C)CC.